The Kier molecular flexibility index (Phi) is 7.14. The lowest BCUT2D eigenvalue weighted by atomic mass is 10.2. The van der Waals surface area contributed by atoms with Crippen molar-refractivity contribution in [1.29, 1.82) is 0 Å². The van der Waals surface area contributed by atoms with Gasteiger partial charge in [0.1, 0.15) is 5.82 Å². The fourth-order valence-corrected chi connectivity index (χ4v) is 4.48. The molecule has 0 radical (unpaired) electrons. The van der Waals surface area contributed by atoms with Crippen molar-refractivity contribution in [3.8, 4) is 0 Å². The third-order valence-electron chi connectivity index (χ3n) is 4.06. The van der Waals surface area contributed by atoms with Crippen molar-refractivity contribution in [3.63, 3.8) is 0 Å². The summed E-state index contributed by atoms with van der Waals surface area (Å²) in [6.07, 6.45) is 3.50. The van der Waals surface area contributed by atoms with Gasteiger partial charge < -0.3 is 19.4 Å². The van der Waals surface area contributed by atoms with Crippen molar-refractivity contribution in [2.45, 2.75) is 6.04 Å². The number of hydrogen-bond donors (Lipinski definition) is 1. The standard InChI is InChI=1S/C14H27N5O4S/c1-17-6-5-16-14(17)13-12-15-4-7-19(13)24(20,21)18(8-10-22-2)9-11-23-3/h5-6,13,15H,4,7-12H2,1-3H3. The number of nitrogens with zero attached hydrogens (tertiary/aromatic N) is 4. The molecule has 0 amide bonds. The second-order valence-corrected chi connectivity index (χ2v) is 7.50. The lowest BCUT2D eigenvalue weighted by molar-refractivity contribution is 0.142. The first-order chi connectivity index (χ1) is 11.5. The molecule has 1 atom stereocenters. The van der Waals surface area contributed by atoms with Crippen molar-refractivity contribution in [2.24, 2.45) is 7.05 Å². The van der Waals surface area contributed by atoms with Gasteiger partial charge in [-0.25, -0.2) is 4.98 Å². The maximum atomic E-state index is 13.2. The molecule has 1 aromatic heterocycles. The first kappa shape index (κ1) is 19.3. The average molecular weight is 361 g/mol. The highest BCUT2D eigenvalue weighted by Gasteiger charge is 2.38. The van der Waals surface area contributed by atoms with Gasteiger partial charge in [0.2, 0.25) is 0 Å². The van der Waals surface area contributed by atoms with E-state index < -0.39 is 10.2 Å². The molecular formula is C14H27N5O4S. The summed E-state index contributed by atoms with van der Waals surface area (Å²) in [5.41, 5.74) is 0. The number of nitrogens with one attached hydrogen (secondary N) is 1. The number of ether oxygens (including phenoxy) is 2. The minimum atomic E-state index is -3.65. The first-order valence-electron chi connectivity index (χ1n) is 7.95. The van der Waals surface area contributed by atoms with E-state index >= 15 is 0 Å². The van der Waals surface area contributed by atoms with Crippen LogP contribution >= 0.6 is 0 Å². The molecule has 0 saturated carbocycles. The molecule has 1 fully saturated rings. The normalized spacial score (nSPS) is 19.9. The van der Waals surface area contributed by atoms with Gasteiger partial charge in [0.05, 0.1) is 19.3 Å². The number of aromatic nitrogens is 2. The largest absolute Gasteiger partial charge is 0.383 e. The number of rotatable bonds is 9. The maximum Gasteiger partial charge on any atom is 0.282 e. The van der Waals surface area contributed by atoms with Gasteiger partial charge in [-0.1, -0.05) is 0 Å². The van der Waals surface area contributed by atoms with Crippen LogP contribution in [0.2, 0.25) is 0 Å². The number of piperazine rings is 1. The molecule has 1 unspecified atom stereocenters. The quantitative estimate of drug-likeness (QED) is 0.620. The molecule has 9 nitrogen and oxygen atoms in total. The molecule has 0 aromatic carbocycles. The molecule has 2 heterocycles. The number of imidazole rings is 1. The van der Waals surface area contributed by atoms with Crippen LogP contribution in [0.5, 0.6) is 0 Å². The third-order valence-corrected chi connectivity index (χ3v) is 6.11. The molecule has 24 heavy (non-hydrogen) atoms. The molecule has 2 rings (SSSR count). The van der Waals surface area contributed by atoms with Gasteiger partial charge in [0.25, 0.3) is 10.2 Å². The van der Waals surface area contributed by atoms with Gasteiger partial charge >= 0.3 is 0 Å². The number of methoxy groups -OCH3 is 2. The van der Waals surface area contributed by atoms with E-state index in [1.54, 1.807) is 20.4 Å². The molecule has 1 N–H and O–H groups in total. The molecule has 10 heteroatoms. The summed E-state index contributed by atoms with van der Waals surface area (Å²) in [6, 6.07) is -0.337. The van der Waals surface area contributed by atoms with Crippen molar-refractivity contribution < 1.29 is 17.9 Å². The van der Waals surface area contributed by atoms with Crippen LogP contribution in [0.3, 0.4) is 0 Å². The van der Waals surface area contributed by atoms with Gasteiger partial charge in [-0.3, -0.25) is 0 Å². The zero-order valence-electron chi connectivity index (χ0n) is 14.5. The average Bonchev–Trinajstić information content (AvgIpc) is 3.00. The fourth-order valence-electron chi connectivity index (χ4n) is 2.76. The molecule has 1 saturated heterocycles. The Morgan fingerprint density at radius 1 is 1.33 bits per heavy atom. The van der Waals surface area contributed by atoms with Crippen molar-refractivity contribution in [3.05, 3.63) is 18.2 Å². The molecule has 138 valence electrons. The molecule has 1 aromatic rings. The Bertz CT molecular complexity index is 598. The van der Waals surface area contributed by atoms with E-state index in [1.807, 2.05) is 17.8 Å². The molecule has 0 spiro atoms. The zero-order chi connectivity index (χ0) is 17.6. The predicted molar refractivity (Wildman–Crippen MR) is 89.8 cm³/mol. The highest BCUT2D eigenvalue weighted by atomic mass is 32.2. The second-order valence-electron chi connectivity index (χ2n) is 5.62. The molecular weight excluding hydrogens is 334 g/mol. The Hall–Kier alpha value is -1.04. The zero-order valence-corrected chi connectivity index (χ0v) is 15.3. The maximum absolute atomic E-state index is 13.2. The van der Waals surface area contributed by atoms with Crippen LogP contribution in [0.15, 0.2) is 12.4 Å². The Balaban J connectivity index is 2.26. The summed E-state index contributed by atoms with van der Waals surface area (Å²) < 4.78 is 41.3. The minimum absolute atomic E-state index is 0.291. The van der Waals surface area contributed by atoms with E-state index in [0.717, 1.165) is 5.82 Å². The van der Waals surface area contributed by atoms with Crippen molar-refractivity contribution in [1.82, 2.24) is 23.5 Å². The lowest BCUT2D eigenvalue weighted by Gasteiger charge is -2.37. The third kappa shape index (κ3) is 4.32. The van der Waals surface area contributed by atoms with E-state index in [1.165, 1.54) is 8.61 Å². The number of aryl methyl sites for hydroxylation is 1. The topological polar surface area (TPSA) is 88.9 Å². The fraction of sp³-hybridized carbons (Fsp3) is 0.786. The minimum Gasteiger partial charge on any atom is -0.383 e. The Labute approximate surface area is 143 Å². The van der Waals surface area contributed by atoms with Crippen LogP contribution in [0, 0.1) is 0 Å². The first-order valence-corrected chi connectivity index (χ1v) is 9.34. The van der Waals surface area contributed by atoms with Crippen LogP contribution in [0.1, 0.15) is 11.9 Å². The summed E-state index contributed by atoms with van der Waals surface area (Å²) in [4.78, 5) is 4.34. The lowest BCUT2D eigenvalue weighted by Crippen LogP contribution is -2.54. The molecule has 1 aliphatic heterocycles. The van der Waals surface area contributed by atoms with Crippen LogP contribution in [0.25, 0.3) is 0 Å². The van der Waals surface area contributed by atoms with Crippen molar-refractivity contribution in [2.75, 3.05) is 60.2 Å². The van der Waals surface area contributed by atoms with Gasteiger partial charge in [0.15, 0.2) is 0 Å². The summed E-state index contributed by atoms with van der Waals surface area (Å²) in [7, 11) is 1.34. The summed E-state index contributed by atoms with van der Waals surface area (Å²) in [5.74, 6) is 0.726. The smallest absolute Gasteiger partial charge is 0.282 e. The molecule has 0 aliphatic carbocycles. The highest BCUT2D eigenvalue weighted by Crippen LogP contribution is 2.25. The second kappa shape index (κ2) is 8.88. The van der Waals surface area contributed by atoms with Crippen LogP contribution in [-0.2, 0) is 26.7 Å². The molecule has 0 bridgehead atoms. The SMILES string of the molecule is COCCN(CCOC)S(=O)(=O)N1CCNCC1c1nccn1C. The van der Waals surface area contributed by atoms with E-state index in [9.17, 15) is 8.42 Å². The van der Waals surface area contributed by atoms with Gasteiger partial charge in [0, 0.05) is 66.4 Å². The van der Waals surface area contributed by atoms with E-state index in [0.29, 0.717) is 45.9 Å². The van der Waals surface area contributed by atoms with Crippen LogP contribution in [-0.4, -0.2) is 86.7 Å². The van der Waals surface area contributed by atoms with Crippen molar-refractivity contribution >= 4 is 10.2 Å². The Morgan fingerprint density at radius 2 is 2.00 bits per heavy atom. The van der Waals surface area contributed by atoms with Gasteiger partial charge in [-0.15, -0.1) is 0 Å². The summed E-state index contributed by atoms with van der Waals surface area (Å²) in [6.45, 7) is 2.80. The summed E-state index contributed by atoms with van der Waals surface area (Å²) in [5, 5.41) is 3.25. The monoisotopic (exact) mass is 361 g/mol. The Morgan fingerprint density at radius 3 is 2.54 bits per heavy atom. The highest BCUT2D eigenvalue weighted by molar-refractivity contribution is 7.86. The van der Waals surface area contributed by atoms with Gasteiger partial charge in [-0.05, 0) is 0 Å². The predicted octanol–water partition coefficient (Wildman–Crippen LogP) is -0.794. The van der Waals surface area contributed by atoms with E-state index in [-0.39, 0.29) is 6.04 Å². The van der Waals surface area contributed by atoms with Crippen LogP contribution < -0.4 is 5.32 Å². The summed E-state index contributed by atoms with van der Waals surface area (Å²) >= 11 is 0. The van der Waals surface area contributed by atoms with Gasteiger partial charge in [-0.2, -0.15) is 17.0 Å². The molecule has 1 aliphatic rings. The number of hydrogen-bond acceptors (Lipinski definition) is 6. The van der Waals surface area contributed by atoms with Crippen LogP contribution in [0.4, 0.5) is 0 Å². The van der Waals surface area contributed by atoms with E-state index in [4.69, 9.17) is 9.47 Å². The van der Waals surface area contributed by atoms with E-state index in [2.05, 4.69) is 10.3 Å².